The first kappa shape index (κ1) is 57.0. The van der Waals surface area contributed by atoms with Gasteiger partial charge in [-0.1, -0.05) is 137 Å². The summed E-state index contributed by atoms with van der Waals surface area (Å²) in [6, 6.07) is 1.87. The number of nitrogens with zero attached hydrogens (tertiary/aromatic N) is 2. The van der Waals surface area contributed by atoms with Crippen molar-refractivity contribution in [1.82, 2.24) is 9.80 Å². The van der Waals surface area contributed by atoms with Gasteiger partial charge in [0.25, 0.3) is 0 Å². The van der Waals surface area contributed by atoms with Crippen molar-refractivity contribution in [1.29, 1.82) is 0 Å². The van der Waals surface area contributed by atoms with E-state index < -0.39 is 0 Å². The molecule has 0 bridgehead atoms. The largest absolute Gasteiger partial charge is 0.489 e. The summed E-state index contributed by atoms with van der Waals surface area (Å²) in [4.78, 5) is 6.42. The third-order valence-corrected chi connectivity index (χ3v) is 25.9. The van der Waals surface area contributed by atoms with Gasteiger partial charge in [0.15, 0.2) is 0 Å². The summed E-state index contributed by atoms with van der Waals surface area (Å²) >= 11 is 0. The smallest absolute Gasteiger partial charge is 0.123 e. The molecule has 0 spiro atoms. The molecule has 4 heteroatoms. The summed E-state index contributed by atoms with van der Waals surface area (Å²) in [5.41, 5.74) is 11.7. The summed E-state index contributed by atoms with van der Waals surface area (Å²) < 4.78 is 16.1. The van der Waals surface area contributed by atoms with Gasteiger partial charge in [0.05, 0.1) is 6.04 Å². The quantitative estimate of drug-likeness (QED) is 0.226. The Morgan fingerprint density at radius 1 is 0.543 bits per heavy atom. The monoisotopic (exact) mass is 1100 g/mol. The molecule has 0 aromatic rings. The molecular weight excluding hydrogens is 985 g/mol. The van der Waals surface area contributed by atoms with Gasteiger partial charge < -0.3 is 19.3 Å². The molecule has 4 nitrogen and oxygen atoms in total. The maximum Gasteiger partial charge on any atom is 0.123 e. The zero-order chi connectivity index (χ0) is 56.4. The third-order valence-electron chi connectivity index (χ3n) is 25.9. The Morgan fingerprint density at radius 2 is 1.25 bits per heavy atom. The molecule has 0 radical (unpaired) electrons. The molecule has 0 saturated heterocycles. The second-order valence-electron chi connectivity index (χ2n) is 33.8. The molecule has 0 aromatic carbocycles. The van der Waals surface area contributed by atoms with Crippen molar-refractivity contribution in [3.63, 3.8) is 0 Å². The molecule has 2 aliphatic heterocycles. The molecule has 2 heterocycles. The van der Waals surface area contributed by atoms with Crippen molar-refractivity contribution in [2.24, 2.45) is 86.3 Å². The lowest BCUT2D eigenvalue weighted by Crippen LogP contribution is -2.59. The molecule has 0 N–H and O–H groups in total. The van der Waals surface area contributed by atoms with Crippen molar-refractivity contribution in [3.05, 3.63) is 106 Å². The second kappa shape index (κ2) is 21.7. The predicted molar refractivity (Wildman–Crippen MR) is 338 cm³/mol. The average molecular weight is 1100 g/mol. The van der Waals surface area contributed by atoms with Crippen LogP contribution in [-0.4, -0.2) is 46.2 Å². The predicted octanol–water partition coefficient (Wildman–Crippen LogP) is 20.3. The first-order chi connectivity index (χ1) is 38.7. The molecule has 444 valence electrons. The van der Waals surface area contributed by atoms with Gasteiger partial charge in [-0.15, -0.1) is 0 Å². The standard InChI is InChI=1S/C77H114N2O2/c1-73(2,3)49-31-35-53(36-32-49)77(54-37-33-50(34-38-54)74(4,5)6)61-48-64(79(56-25-17-14-18-26-56)58-45-41-52(42-46-58)76(10,11)12)71-68(60-28-20-22-30-66(60)80-71)69(61)70-62(77)47-63(67-59-27-19-21-29-65(59)81-72(67)70)78(55-23-15-13-16-24-55)57-43-39-51(40-44-57)75(7,8)9/h14,17,21-23,25,29-31,39,50,52-54,57-58,60-64,66-67,69-70,72H,13,15-16,18-20,24,26-28,32-38,40-48H2,1-12H3. The van der Waals surface area contributed by atoms with Crippen LogP contribution in [0.15, 0.2) is 106 Å². The van der Waals surface area contributed by atoms with Crippen molar-refractivity contribution < 1.29 is 9.47 Å². The molecule has 13 unspecified atom stereocenters. The highest BCUT2D eigenvalue weighted by molar-refractivity contribution is 5.43. The van der Waals surface area contributed by atoms with Crippen LogP contribution in [0.25, 0.3) is 0 Å². The first-order valence-electron chi connectivity index (χ1n) is 34.8. The molecular formula is C77H114N2O2. The maximum absolute atomic E-state index is 8.15. The Bertz CT molecular complexity index is 2640. The van der Waals surface area contributed by atoms with Gasteiger partial charge in [-0.05, 0) is 265 Å². The van der Waals surface area contributed by atoms with Crippen LogP contribution in [0.3, 0.4) is 0 Å². The van der Waals surface area contributed by atoms with Crippen LogP contribution >= 0.6 is 0 Å². The zero-order valence-corrected chi connectivity index (χ0v) is 53.6. The molecule has 13 aliphatic rings. The van der Waals surface area contributed by atoms with E-state index in [1.54, 1.807) is 28.1 Å². The van der Waals surface area contributed by atoms with Crippen LogP contribution in [0, 0.1) is 86.3 Å². The van der Waals surface area contributed by atoms with Crippen molar-refractivity contribution >= 4 is 0 Å². The van der Waals surface area contributed by atoms with E-state index in [0.29, 0.717) is 76.4 Å². The van der Waals surface area contributed by atoms with E-state index in [2.05, 4.69) is 154 Å². The van der Waals surface area contributed by atoms with E-state index in [0.717, 1.165) is 37.0 Å². The van der Waals surface area contributed by atoms with Gasteiger partial charge in [0.1, 0.15) is 23.7 Å². The average Bonchev–Trinajstić information content (AvgIpc) is 4.15. The van der Waals surface area contributed by atoms with Crippen LogP contribution < -0.4 is 0 Å². The van der Waals surface area contributed by atoms with Crippen LogP contribution in [-0.2, 0) is 9.47 Å². The summed E-state index contributed by atoms with van der Waals surface area (Å²) in [6.07, 6.45) is 59.7. The maximum atomic E-state index is 8.15. The molecule has 0 aromatic heterocycles. The van der Waals surface area contributed by atoms with E-state index in [1.165, 1.54) is 159 Å². The Hall–Kier alpha value is -3.14. The lowest BCUT2D eigenvalue weighted by Gasteiger charge is -2.60. The molecule has 11 aliphatic carbocycles. The molecule has 13 atom stereocenters. The van der Waals surface area contributed by atoms with Crippen LogP contribution in [0.2, 0.25) is 0 Å². The van der Waals surface area contributed by atoms with Crippen molar-refractivity contribution in [2.45, 2.75) is 286 Å². The van der Waals surface area contributed by atoms with E-state index in [9.17, 15) is 0 Å². The number of hydrogen-bond donors (Lipinski definition) is 0. The summed E-state index contributed by atoms with van der Waals surface area (Å²) in [7, 11) is 0. The van der Waals surface area contributed by atoms with Gasteiger partial charge in [-0.25, -0.2) is 0 Å². The Kier molecular flexibility index (Phi) is 15.2. The fourth-order valence-electron chi connectivity index (χ4n) is 22.1. The minimum Gasteiger partial charge on any atom is -0.489 e. The lowest BCUT2D eigenvalue weighted by molar-refractivity contribution is -0.112. The topological polar surface area (TPSA) is 24.9 Å². The number of allylic oxidation sites excluding steroid dienone is 12. The normalized spacial score (nSPS) is 40.6. The number of fused-ring (bicyclic) bond motifs is 9. The van der Waals surface area contributed by atoms with Gasteiger partial charge in [0.2, 0.25) is 0 Å². The molecule has 81 heavy (non-hydrogen) atoms. The van der Waals surface area contributed by atoms with Crippen molar-refractivity contribution in [3.8, 4) is 0 Å². The fraction of sp³-hybridized carbons (Fsp3) is 0.766. The highest BCUT2D eigenvalue weighted by Gasteiger charge is 2.74. The van der Waals surface area contributed by atoms with Crippen LogP contribution in [0.4, 0.5) is 0 Å². The molecule has 0 amide bonds. The Labute approximate surface area is 495 Å². The molecule has 4 saturated carbocycles. The number of hydrogen-bond acceptors (Lipinski definition) is 4. The highest BCUT2D eigenvalue weighted by Crippen LogP contribution is 2.76. The molecule has 13 rings (SSSR count). The van der Waals surface area contributed by atoms with Gasteiger partial charge in [-0.3, -0.25) is 0 Å². The van der Waals surface area contributed by atoms with E-state index in [4.69, 9.17) is 9.47 Å². The van der Waals surface area contributed by atoms with E-state index >= 15 is 0 Å². The van der Waals surface area contributed by atoms with E-state index in [-0.39, 0.29) is 28.5 Å². The number of rotatable bonds is 8. The van der Waals surface area contributed by atoms with Gasteiger partial charge >= 0.3 is 0 Å². The summed E-state index contributed by atoms with van der Waals surface area (Å²) in [6.45, 7) is 30.3. The first-order valence-corrected chi connectivity index (χ1v) is 34.8. The fourth-order valence-corrected chi connectivity index (χ4v) is 22.1. The Morgan fingerprint density at radius 3 is 1.88 bits per heavy atom. The SMILES string of the molecule is CC(C)(C)C1=CCC(N(C2=CCCCC2)C2CC3C(C4OC5=C(CCC=C5)C42)C2C4=C(OC5C=CCCC45)C(N(C4=CC=CCC4)C4CCC(C(C)(C)C)CC4)CC2C3(C2CC=C(C(C)(C)C)CC2)C2CCC(C(C)(C)C)CC2)CC1. The van der Waals surface area contributed by atoms with Crippen molar-refractivity contribution in [2.75, 3.05) is 0 Å². The highest BCUT2D eigenvalue weighted by atomic mass is 16.5. The minimum absolute atomic E-state index is 0.170. The van der Waals surface area contributed by atoms with Gasteiger partial charge in [-0.2, -0.15) is 0 Å². The third kappa shape index (κ3) is 10.1. The summed E-state index contributed by atoms with van der Waals surface area (Å²) in [5.74, 6) is 8.88. The molecule has 4 fully saturated rings. The lowest BCUT2D eigenvalue weighted by atomic mass is 9.47. The summed E-state index contributed by atoms with van der Waals surface area (Å²) in [5, 5.41) is 0. The number of ether oxygens (including phenoxy) is 2. The van der Waals surface area contributed by atoms with Crippen LogP contribution in [0.5, 0.6) is 0 Å². The van der Waals surface area contributed by atoms with Crippen LogP contribution in [0.1, 0.15) is 250 Å². The zero-order valence-electron chi connectivity index (χ0n) is 53.6. The van der Waals surface area contributed by atoms with E-state index in [1.807, 2.05) is 5.57 Å². The Balaban J connectivity index is 1.03. The second-order valence-corrected chi connectivity index (χ2v) is 33.8. The van der Waals surface area contributed by atoms with Gasteiger partial charge in [0, 0.05) is 47.3 Å². The minimum atomic E-state index is 0.170.